The smallest absolute Gasteiger partial charge is 0.331 e. The number of aryl methyl sites for hydroxylation is 1. The van der Waals surface area contributed by atoms with Crippen LogP contribution in [0.4, 0.5) is 77.2 Å². The van der Waals surface area contributed by atoms with Crippen molar-refractivity contribution in [2.75, 3.05) is 4.90 Å². The lowest BCUT2D eigenvalue weighted by Crippen LogP contribution is -2.45. The minimum atomic E-state index is -5.34. The maximum absolute atomic E-state index is 15.1. The van der Waals surface area contributed by atoms with E-state index in [0.717, 1.165) is 67.6 Å². The van der Waals surface area contributed by atoms with Gasteiger partial charge in [-0.25, -0.2) is 0 Å². The van der Waals surface area contributed by atoms with Crippen LogP contribution in [0.1, 0.15) is 46.7 Å². The third-order valence-electron chi connectivity index (χ3n) is 9.86. The van der Waals surface area contributed by atoms with Gasteiger partial charge in [-0.1, -0.05) is 78.4 Å². The van der Waals surface area contributed by atoms with Gasteiger partial charge in [0.05, 0.1) is 33.5 Å². The van der Waals surface area contributed by atoms with Gasteiger partial charge in [0.15, 0.2) is 0 Å². The van der Waals surface area contributed by atoms with Crippen LogP contribution in [0.15, 0.2) is 127 Å². The summed E-state index contributed by atoms with van der Waals surface area (Å²) in [5.74, 6) is 0. The topological polar surface area (TPSA) is 3.24 Å². The maximum atomic E-state index is 15.1. The van der Waals surface area contributed by atoms with Crippen molar-refractivity contribution >= 4 is 16.9 Å². The van der Waals surface area contributed by atoms with Crippen LogP contribution in [0.3, 0.4) is 0 Å². The molecule has 0 aromatic heterocycles. The van der Waals surface area contributed by atoms with Gasteiger partial charge in [-0.2, -0.15) is 65.9 Å². The average molecular weight is 844 g/mol. The van der Waals surface area contributed by atoms with Crippen molar-refractivity contribution in [3.8, 4) is 22.3 Å². The number of benzene rings is 5. The molecule has 1 aliphatic rings. The molecule has 0 saturated heterocycles. The molecule has 1 atom stereocenters. The molecule has 5 aromatic carbocycles. The molecule has 59 heavy (non-hydrogen) atoms. The first-order valence-corrected chi connectivity index (χ1v) is 17.3. The van der Waals surface area contributed by atoms with E-state index in [-0.39, 0.29) is 27.8 Å². The van der Waals surface area contributed by atoms with Crippen LogP contribution in [-0.4, -0.2) is 11.7 Å². The van der Waals surface area contributed by atoms with Crippen LogP contribution in [-0.2, 0) is 24.7 Å². The zero-order valence-corrected chi connectivity index (χ0v) is 30.4. The zero-order valence-electron chi connectivity index (χ0n) is 30.4. The summed E-state index contributed by atoms with van der Waals surface area (Å²) in [4.78, 5) is 0.673. The SMILES string of the molecule is Cc1ccc(C2=C(C(F)(F)F)CC(C)(N(c3ccc(-c4ccc(C(F)(F)F)cc4)c(C(F)(F)F)c3)c3ccc(-c4ccc(C(F)(F)F)cc4)cc3C(F)(F)F)C=C2)cc1. The summed E-state index contributed by atoms with van der Waals surface area (Å²) in [5.41, 5.74) is -11.3. The Morgan fingerprint density at radius 3 is 1.46 bits per heavy atom. The second-order valence-electron chi connectivity index (χ2n) is 14.1. The number of hydrogen-bond acceptors (Lipinski definition) is 1. The van der Waals surface area contributed by atoms with Crippen LogP contribution in [0.25, 0.3) is 27.8 Å². The first-order chi connectivity index (χ1) is 27.2. The molecular formula is C43H28F15N. The van der Waals surface area contributed by atoms with E-state index >= 15 is 13.2 Å². The molecule has 0 saturated carbocycles. The van der Waals surface area contributed by atoms with Crippen molar-refractivity contribution in [3.63, 3.8) is 0 Å². The first kappa shape index (κ1) is 42.9. The molecule has 0 heterocycles. The van der Waals surface area contributed by atoms with Crippen LogP contribution in [0, 0.1) is 6.92 Å². The molecule has 1 unspecified atom stereocenters. The number of rotatable bonds is 6. The largest absolute Gasteiger partial charge is 0.418 e. The van der Waals surface area contributed by atoms with Gasteiger partial charge in [-0.3, -0.25) is 0 Å². The Kier molecular flexibility index (Phi) is 10.8. The minimum absolute atomic E-state index is 0.102. The Labute approximate surface area is 326 Å². The van der Waals surface area contributed by atoms with Gasteiger partial charge in [-0.15, -0.1) is 0 Å². The van der Waals surface area contributed by atoms with Gasteiger partial charge in [0.1, 0.15) is 0 Å². The zero-order chi connectivity index (χ0) is 43.5. The highest BCUT2D eigenvalue weighted by Crippen LogP contribution is 2.51. The Bertz CT molecular complexity index is 2390. The van der Waals surface area contributed by atoms with E-state index in [1.807, 2.05) is 0 Å². The average Bonchev–Trinajstić information content (AvgIpc) is 3.14. The van der Waals surface area contributed by atoms with E-state index in [0.29, 0.717) is 46.9 Å². The summed E-state index contributed by atoms with van der Waals surface area (Å²) in [7, 11) is 0. The van der Waals surface area contributed by atoms with Gasteiger partial charge in [0.25, 0.3) is 0 Å². The number of halogens is 15. The monoisotopic (exact) mass is 843 g/mol. The van der Waals surface area contributed by atoms with E-state index in [2.05, 4.69) is 0 Å². The molecule has 310 valence electrons. The number of nitrogens with zero attached hydrogens (tertiary/aromatic N) is 1. The molecule has 0 N–H and O–H groups in total. The lowest BCUT2D eigenvalue weighted by Gasteiger charge is -2.45. The molecule has 1 nitrogen and oxygen atoms in total. The fourth-order valence-corrected chi connectivity index (χ4v) is 6.98. The number of anilines is 2. The molecule has 0 aliphatic heterocycles. The van der Waals surface area contributed by atoms with Crippen LogP contribution in [0.2, 0.25) is 0 Å². The van der Waals surface area contributed by atoms with E-state index in [1.165, 1.54) is 24.3 Å². The molecule has 0 bridgehead atoms. The van der Waals surface area contributed by atoms with Crippen molar-refractivity contribution in [2.45, 2.75) is 56.7 Å². The highest BCUT2D eigenvalue weighted by atomic mass is 19.4. The predicted molar refractivity (Wildman–Crippen MR) is 192 cm³/mol. The number of hydrogen-bond donors (Lipinski definition) is 0. The van der Waals surface area contributed by atoms with Crippen LogP contribution in [0.5, 0.6) is 0 Å². The van der Waals surface area contributed by atoms with Crippen LogP contribution >= 0.6 is 0 Å². The first-order valence-electron chi connectivity index (χ1n) is 17.3. The third kappa shape index (κ3) is 9.00. The Morgan fingerprint density at radius 1 is 0.475 bits per heavy atom. The van der Waals surface area contributed by atoms with Gasteiger partial charge in [0.2, 0.25) is 0 Å². The lowest BCUT2D eigenvalue weighted by molar-refractivity contribution is -0.138. The van der Waals surface area contributed by atoms with Gasteiger partial charge < -0.3 is 4.90 Å². The van der Waals surface area contributed by atoms with E-state index in [4.69, 9.17) is 0 Å². The third-order valence-corrected chi connectivity index (χ3v) is 9.86. The Balaban J connectivity index is 1.60. The van der Waals surface area contributed by atoms with Crippen molar-refractivity contribution in [2.24, 2.45) is 0 Å². The van der Waals surface area contributed by atoms with Gasteiger partial charge >= 0.3 is 30.9 Å². The van der Waals surface area contributed by atoms with Crippen molar-refractivity contribution in [3.05, 3.63) is 160 Å². The fraction of sp³-hybridized carbons (Fsp3) is 0.209. The quantitative estimate of drug-likeness (QED) is 0.154. The minimum Gasteiger partial charge on any atom is -0.331 e. The summed E-state index contributed by atoms with van der Waals surface area (Å²) in [6.45, 7) is 2.79. The lowest BCUT2D eigenvalue weighted by atomic mass is 9.80. The van der Waals surface area contributed by atoms with Crippen LogP contribution < -0.4 is 4.90 Å². The van der Waals surface area contributed by atoms with E-state index in [1.54, 1.807) is 6.92 Å². The summed E-state index contributed by atoms with van der Waals surface area (Å²) in [6, 6.07) is 16.0. The number of alkyl halides is 15. The molecule has 0 radical (unpaired) electrons. The predicted octanol–water partition coefficient (Wildman–Crippen LogP) is 15.3. The van der Waals surface area contributed by atoms with Crippen molar-refractivity contribution < 1.29 is 65.9 Å². The second kappa shape index (κ2) is 14.9. The normalized spacial score (nSPS) is 16.8. The molecule has 0 amide bonds. The Morgan fingerprint density at radius 2 is 0.966 bits per heavy atom. The maximum Gasteiger partial charge on any atom is 0.418 e. The molecular weight excluding hydrogens is 815 g/mol. The highest BCUT2D eigenvalue weighted by molar-refractivity contribution is 5.83. The van der Waals surface area contributed by atoms with Gasteiger partial charge in [-0.05, 0) is 95.8 Å². The van der Waals surface area contributed by atoms with E-state index in [9.17, 15) is 52.7 Å². The van der Waals surface area contributed by atoms with Crippen molar-refractivity contribution in [1.82, 2.24) is 0 Å². The Hall–Kier alpha value is -5.67. The fourth-order valence-electron chi connectivity index (χ4n) is 6.98. The molecule has 0 fully saturated rings. The number of allylic oxidation sites excluding steroid dienone is 2. The molecule has 1 aliphatic carbocycles. The highest BCUT2D eigenvalue weighted by Gasteiger charge is 2.47. The van der Waals surface area contributed by atoms with Crippen molar-refractivity contribution in [1.29, 1.82) is 0 Å². The molecule has 0 spiro atoms. The van der Waals surface area contributed by atoms with E-state index < -0.39 is 87.6 Å². The molecule has 6 rings (SSSR count). The molecule has 5 aromatic rings. The molecule has 16 heteroatoms. The van der Waals surface area contributed by atoms with Gasteiger partial charge in [0, 0.05) is 17.7 Å². The summed E-state index contributed by atoms with van der Waals surface area (Å²) in [5, 5.41) is 0. The summed E-state index contributed by atoms with van der Waals surface area (Å²) < 4.78 is 214. The summed E-state index contributed by atoms with van der Waals surface area (Å²) in [6.07, 6.45) is -24.3. The standard InChI is InChI=1S/C43H28F15N/c1-24-3-5-26(6-4-24)33-19-20-38(2,23-36(33)43(56,57)58)59(31-16-17-32(34(22-31)41(50,51)52)27-9-14-30(15-10-27)40(47,48)49)37-18-11-28(21-35(37)42(53,54)55)25-7-12-29(13-8-25)39(44,45)46/h3-22H,23H2,1-2H3. The summed E-state index contributed by atoms with van der Waals surface area (Å²) >= 11 is 0. The second-order valence-corrected chi connectivity index (χ2v) is 14.1.